The molecule has 4 aromatic carbocycles. The molecule has 8 heteroatoms. The Balaban J connectivity index is 1.18. The fourth-order valence-corrected chi connectivity index (χ4v) is 5.22. The van der Waals surface area contributed by atoms with E-state index in [4.69, 9.17) is 4.74 Å². The SMILES string of the molecule is O=C(c1ccccc1)c1ccccc1NC(Cc1ccc(OCCN(Cc2ccccc2)C(=O)CCc2cccnc2)cc1)C(=O)O. The topological polar surface area (TPSA) is 109 Å². The zero-order valence-electron chi connectivity index (χ0n) is 26.0. The van der Waals surface area contributed by atoms with Gasteiger partial charge in [-0.25, -0.2) is 4.79 Å². The lowest BCUT2D eigenvalue weighted by Gasteiger charge is -2.23. The van der Waals surface area contributed by atoms with Crippen molar-refractivity contribution in [2.45, 2.75) is 31.8 Å². The van der Waals surface area contributed by atoms with Gasteiger partial charge in [-0.2, -0.15) is 0 Å². The second-order valence-electron chi connectivity index (χ2n) is 11.1. The molecule has 0 aliphatic heterocycles. The molecule has 1 heterocycles. The Labute approximate surface area is 274 Å². The summed E-state index contributed by atoms with van der Waals surface area (Å²) in [6.07, 6.45) is 4.68. The number of aromatic nitrogens is 1. The number of nitrogens with zero attached hydrogens (tertiary/aromatic N) is 2. The third-order valence-electron chi connectivity index (χ3n) is 7.75. The summed E-state index contributed by atoms with van der Waals surface area (Å²) < 4.78 is 6.00. The Morgan fingerprint density at radius 2 is 1.45 bits per heavy atom. The van der Waals surface area contributed by atoms with E-state index in [1.807, 2.05) is 65.6 Å². The van der Waals surface area contributed by atoms with Crippen LogP contribution in [0, 0.1) is 0 Å². The summed E-state index contributed by atoms with van der Waals surface area (Å²) in [5.74, 6) is -0.554. The van der Waals surface area contributed by atoms with Crippen molar-refractivity contribution in [3.05, 3.63) is 162 Å². The second kappa shape index (κ2) is 16.5. The maximum absolute atomic E-state index is 13.2. The maximum Gasteiger partial charge on any atom is 0.326 e. The average molecular weight is 628 g/mol. The van der Waals surface area contributed by atoms with Crippen molar-refractivity contribution in [1.82, 2.24) is 9.88 Å². The van der Waals surface area contributed by atoms with E-state index < -0.39 is 12.0 Å². The Morgan fingerprint density at radius 3 is 2.15 bits per heavy atom. The smallest absolute Gasteiger partial charge is 0.326 e. The number of aliphatic carboxylic acids is 1. The van der Waals surface area contributed by atoms with E-state index in [0.717, 1.165) is 16.7 Å². The van der Waals surface area contributed by atoms with Crippen molar-refractivity contribution in [2.24, 2.45) is 0 Å². The number of carboxylic acid groups (broad SMARTS) is 1. The number of aryl methyl sites for hydroxylation is 1. The summed E-state index contributed by atoms with van der Waals surface area (Å²) in [6.45, 7) is 1.20. The first-order valence-corrected chi connectivity index (χ1v) is 15.6. The summed E-state index contributed by atoms with van der Waals surface area (Å²) >= 11 is 0. The minimum Gasteiger partial charge on any atom is -0.492 e. The quantitative estimate of drug-likeness (QED) is 0.121. The van der Waals surface area contributed by atoms with E-state index in [1.165, 1.54) is 0 Å². The number of hydrogen-bond acceptors (Lipinski definition) is 6. The summed E-state index contributed by atoms with van der Waals surface area (Å²) in [6, 6.07) is 35.8. The number of para-hydroxylation sites is 1. The summed E-state index contributed by atoms with van der Waals surface area (Å²) in [5, 5.41) is 13.1. The minimum atomic E-state index is -1.03. The lowest BCUT2D eigenvalue weighted by atomic mass is 10.00. The molecule has 1 amide bonds. The van der Waals surface area contributed by atoms with Gasteiger partial charge in [0.25, 0.3) is 0 Å². The van der Waals surface area contributed by atoms with Gasteiger partial charge in [0.1, 0.15) is 18.4 Å². The van der Waals surface area contributed by atoms with Crippen molar-refractivity contribution in [2.75, 3.05) is 18.5 Å². The van der Waals surface area contributed by atoms with E-state index in [9.17, 15) is 19.5 Å². The van der Waals surface area contributed by atoms with Gasteiger partial charge in [0.15, 0.2) is 5.78 Å². The number of nitrogens with one attached hydrogen (secondary N) is 1. The molecule has 0 radical (unpaired) electrons. The van der Waals surface area contributed by atoms with Gasteiger partial charge in [-0.05, 0) is 53.4 Å². The van der Waals surface area contributed by atoms with E-state index in [-0.39, 0.29) is 18.1 Å². The molecule has 0 saturated carbocycles. The fourth-order valence-electron chi connectivity index (χ4n) is 5.22. The van der Waals surface area contributed by atoms with Crippen molar-refractivity contribution >= 4 is 23.3 Å². The number of rotatable bonds is 16. The van der Waals surface area contributed by atoms with Crippen LogP contribution in [0.4, 0.5) is 5.69 Å². The van der Waals surface area contributed by atoms with E-state index in [1.54, 1.807) is 73.1 Å². The summed E-state index contributed by atoms with van der Waals surface area (Å²) in [4.78, 5) is 44.5. The predicted octanol–water partition coefficient (Wildman–Crippen LogP) is 6.46. The minimum absolute atomic E-state index is 0.0379. The van der Waals surface area contributed by atoms with Crippen molar-refractivity contribution in [1.29, 1.82) is 0 Å². The Bertz CT molecular complexity index is 1750. The molecule has 8 nitrogen and oxygen atoms in total. The third-order valence-corrected chi connectivity index (χ3v) is 7.75. The molecule has 1 atom stereocenters. The van der Waals surface area contributed by atoms with Crippen LogP contribution in [0.3, 0.4) is 0 Å². The largest absolute Gasteiger partial charge is 0.492 e. The van der Waals surface area contributed by atoms with Crippen LogP contribution < -0.4 is 10.1 Å². The molecule has 0 aliphatic carbocycles. The highest BCUT2D eigenvalue weighted by Crippen LogP contribution is 2.22. The van der Waals surface area contributed by atoms with Crippen molar-refractivity contribution in [3.63, 3.8) is 0 Å². The molecule has 0 fully saturated rings. The van der Waals surface area contributed by atoms with Crippen molar-refractivity contribution in [3.8, 4) is 5.75 Å². The van der Waals surface area contributed by atoms with Gasteiger partial charge >= 0.3 is 5.97 Å². The normalized spacial score (nSPS) is 11.3. The van der Waals surface area contributed by atoms with Crippen LogP contribution in [-0.2, 0) is 29.0 Å². The standard InChI is InChI=1S/C39H37N3O5/c43-37(22-19-30-12-9-23-40-27-30)42(28-31-10-3-1-4-11-31)24-25-47-33-20-17-29(18-21-33)26-36(39(45)46)41-35-16-8-7-15-34(35)38(44)32-13-5-2-6-14-32/h1-18,20-21,23,27,36,41H,19,22,24-26,28H2,(H,45,46). The number of hydrogen-bond donors (Lipinski definition) is 2. The lowest BCUT2D eigenvalue weighted by molar-refractivity contribution is -0.138. The average Bonchev–Trinajstić information content (AvgIpc) is 3.11. The van der Waals surface area contributed by atoms with Crippen LogP contribution in [0.25, 0.3) is 0 Å². The monoisotopic (exact) mass is 627 g/mol. The van der Waals surface area contributed by atoms with Gasteiger partial charge in [0, 0.05) is 48.6 Å². The number of anilines is 1. The van der Waals surface area contributed by atoms with Gasteiger partial charge < -0.3 is 20.1 Å². The number of ether oxygens (including phenoxy) is 1. The van der Waals surface area contributed by atoms with E-state index >= 15 is 0 Å². The molecular formula is C39H37N3O5. The highest BCUT2D eigenvalue weighted by Gasteiger charge is 2.21. The van der Waals surface area contributed by atoms with Crippen LogP contribution in [0.2, 0.25) is 0 Å². The number of pyridine rings is 1. The molecule has 238 valence electrons. The van der Waals surface area contributed by atoms with Gasteiger partial charge in [0.05, 0.1) is 6.54 Å². The lowest BCUT2D eigenvalue weighted by Crippen LogP contribution is -2.34. The highest BCUT2D eigenvalue weighted by atomic mass is 16.5. The molecule has 1 unspecified atom stereocenters. The van der Waals surface area contributed by atoms with Gasteiger partial charge in [-0.3, -0.25) is 14.6 Å². The van der Waals surface area contributed by atoms with E-state index in [2.05, 4.69) is 10.3 Å². The van der Waals surface area contributed by atoms with Crippen LogP contribution >= 0.6 is 0 Å². The number of carbonyl (C=O) groups is 3. The van der Waals surface area contributed by atoms with Gasteiger partial charge in [-0.1, -0.05) is 91.0 Å². The maximum atomic E-state index is 13.2. The molecule has 0 bridgehead atoms. The molecular weight excluding hydrogens is 590 g/mol. The van der Waals surface area contributed by atoms with Crippen LogP contribution in [0.1, 0.15) is 39.0 Å². The Morgan fingerprint density at radius 1 is 0.766 bits per heavy atom. The highest BCUT2D eigenvalue weighted by molar-refractivity contribution is 6.12. The molecule has 5 rings (SSSR count). The zero-order valence-corrected chi connectivity index (χ0v) is 26.0. The summed E-state index contributed by atoms with van der Waals surface area (Å²) in [5.41, 5.74) is 4.25. The van der Waals surface area contributed by atoms with Crippen molar-refractivity contribution < 1.29 is 24.2 Å². The number of ketones is 1. The fraction of sp³-hybridized carbons (Fsp3) is 0.179. The number of benzene rings is 4. The Kier molecular flexibility index (Phi) is 11.5. The Hall–Kier alpha value is -5.76. The first-order chi connectivity index (χ1) is 23.0. The van der Waals surface area contributed by atoms with Crippen LogP contribution in [0.15, 0.2) is 134 Å². The van der Waals surface area contributed by atoms with E-state index in [0.29, 0.717) is 55.1 Å². The predicted molar refractivity (Wildman–Crippen MR) is 181 cm³/mol. The second-order valence-corrected chi connectivity index (χ2v) is 11.1. The van der Waals surface area contributed by atoms with Gasteiger partial charge in [-0.15, -0.1) is 0 Å². The number of carbonyl (C=O) groups excluding carboxylic acids is 2. The molecule has 0 spiro atoms. The summed E-state index contributed by atoms with van der Waals surface area (Å²) in [7, 11) is 0. The zero-order chi connectivity index (χ0) is 32.8. The third kappa shape index (κ3) is 9.61. The number of carboxylic acids is 1. The molecule has 47 heavy (non-hydrogen) atoms. The molecule has 0 saturated heterocycles. The number of amides is 1. The van der Waals surface area contributed by atoms with Gasteiger partial charge in [0.2, 0.25) is 5.91 Å². The molecule has 0 aliphatic rings. The molecule has 1 aromatic heterocycles. The molecule has 2 N–H and O–H groups in total. The van der Waals surface area contributed by atoms with Crippen LogP contribution in [0.5, 0.6) is 5.75 Å². The molecule has 5 aromatic rings. The van der Waals surface area contributed by atoms with Crippen LogP contribution in [-0.4, -0.2) is 51.8 Å². The first kappa shape index (κ1) is 32.6. The first-order valence-electron chi connectivity index (χ1n) is 15.6.